The Morgan fingerprint density at radius 2 is 2.05 bits per heavy atom. The molecule has 7 nitrogen and oxygen atoms in total. The van der Waals surface area contributed by atoms with Crippen LogP contribution in [0, 0.1) is 10.1 Å². The largest absolute Gasteiger partial charge is 0.491 e. The number of nitrogens with zero attached hydrogens (tertiary/aromatic N) is 3. The molecule has 0 saturated heterocycles. The second kappa shape index (κ2) is 7.16. The molecule has 1 aromatic heterocycles. The summed E-state index contributed by atoms with van der Waals surface area (Å²) in [5.74, 6) is 0.879. The first-order valence-electron chi connectivity index (χ1n) is 6.71. The normalized spacial score (nSPS) is 10.9. The zero-order valence-corrected chi connectivity index (χ0v) is 12.3. The van der Waals surface area contributed by atoms with E-state index in [9.17, 15) is 10.1 Å². The fourth-order valence-electron chi connectivity index (χ4n) is 1.70. The topological polar surface area (TPSA) is 89.7 Å². The molecule has 1 heterocycles. The molecule has 0 aliphatic heterocycles. The number of pyridine rings is 1. The van der Waals surface area contributed by atoms with Gasteiger partial charge in [-0.3, -0.25) is 15.5 Å². The summed E-state index contributed by atoms with van der Waals surface area (Å²) in [6, 6.07) is 10.2. The second-order valence-corrected chi connectivity index (χ2v) is 4.73. The van der Waals surface area contributed by atoms with Gasteiger partial charge in [-0.25, -0.2) is 4.98 Å². The molecule has 0 spiro atoms. The van der Waals surface area contributed by atoms with Gasteiger partial charge in [-0.05, 0) is 49.7 Å². The van der Waals surface area contributed by atoms with Crippen LogP contribution in [0.2, 0.25) is 0 Å². The molecule has 0 atom stereocenters. The van der Waals surface area contributed by atoms with Crippen molar-refractivity contribution in [3.05, 3.63) is 58.3 Å². The highest BCUT2D eigenvalue weighted by molar-refractivity contribution is 5.80. The van der Waals surface area contributed by atoms with Crippen LogP contribution in [0.25, 0.3) is 0 Å². The van der Waals surface area contributed by atoms with Crippen molar-refractivity contribution >= 4 is 17.7 Å². The highest BCUT2D eigenvalue weighted by Crippen LogP contribution is 2.20. The van der Waals surface area contributed by atoms with Gasteiger partial charge in [0.2, 0.25) is 5.82 Å². The average molecular weight is 300 g/mol. The van der Waals surface area contributed by atoms with Gasteiger partial charge in [-0.1, -0.05) is 0 Å². The molecule has 114 valence electrons. The maximum absolute atomic E-state index is 10.8. The fourth-order valence-corrected chi connectivity index (χ4v) is 1.70. The number of nitro groups is 1. The van der Waals surface area contributed by atoms with Gasteiger partial charge < -0.3 is 4.74 Å². The van der Waals surface area contributed by atoms with Crippen molar-refractivity contribution in [2.75, 3.05) is 5.43 Å². The molecule has 0 radical (unpaired) electrons. The van der Waals surface area contributed by atoms with Gasteiger partial charge >= 0.3 is 5.69 Å². The fraction of sp³-hybridized carbons (Fsp3) is 0.200. The van der Waals surface area contributed by atoms with Crippen molar-refractivity contribution in [3.8, 4) is 5.75 Å². The van der Waals surface area contributed by atoms with E-state index in [1.165, 1.54) is 18.3 Å². The van der Waals surface area contributed by atoms with Crippen molar-refractivity contribution in [1.29, 1.82) is 0 Å². The first kappa shape index (κ1) is 15.4. The van der Waals surface area contributed by atoms with Crippen LogP contribution < -0.4 is 10.2 Å². The summed E-state index contributed by atoms with van der Waals surface area (Å²) in [4.78, 5) is 14.2. The molecular weight excluding hydrogens is 284 g/mol. The molecule has 0 aliphatic rings. The Morgan fingerprint density at radius 3 is 2.68 bits per heavy atom. The predicted octanol–water partition coefficient (Wildman–Crippen LogP) is 3.22. The van der Waals surface area contributed by atoms with E-state index in [2.05, 4.69) is 15.5 Å². The van der Waals surface area contributed by atoms with Gasteiger partial charge in [-0.15, -0.1) is 0 Å². The van der Waals surface area contributed by atoms with Gasteiger partial charge in [0, 0.05) is 12.3 Å². The number of hydrogen-bond donors (Lipinski definition) is 1. The Balaban J connectivity index is 2.02. The van der Waals surface area contributed by atoms with Gasteiger partial charge in [0.05, 0.1) is 17.2 Å². The van der Waals surface area contributed by atoms with Crippen molar-refractivity contribution in [1.82, 2.24) is 4.98 Å². The first-order valence-corrected chi connectivity index (χ1v) is 6.71. The number of benzene rings is 1. The third kappa shape index (κ3) is 4.27. The van der Waals surface area contributed by atoms with Crippen LogP contribution in [0.5, 0.6) is 5.75 Å². The van der Waals surface area contributed by atoms with E-state index in [0.29, 0.717) is 0 Å². The zero-order valence-electron chi connectivity index (χ0n) is 12.3. The van der Waals surface area contributed by atoms with E-state index >= 15 is 0 Å². The highest BCUT2D eigenvalue weighted by Gasteiger charge is 2.12. The van der Waals surface area contributed by atoms with E-state index in [-0.39, 0.29) is 17.6 Å². The van der Waals surface area contributed by atoms with Gasteiger partial charge in [0.25, 0.3) is 0 Å². The minimum Gasteiger partial charge on any atom is -0.491 e. The number of hydrazone groups is 1. The van der Waals surface area contributed by atoms with Crippen LogP contribution in [0.15, 0.2) is 47.7 Å². The number of ether oxygens (including phenoxy) is 1. The molecule has 0 unspecified atom stereocenters. The molecular formula is C15H16N4O3. The summed E-state index contributed by atoms with van der Waals surface area (Å²) in [5, 5.41) is 14.8. The Kier molecular flexibility index (Phi) is 5.02. The highest BCUT2D eigenvalue weighted by atomic mass is 16.6. The molecule has 2 rings (SSSR count). The van der Waals surface area contributed by atoms with Crippen LogP contribution in [0.1, 0.15) is 19.4 Å². The quantitative estimate of drug-likeness (QED) is 0.502. The lowest BCUT2D eigenvalue weighted by Gasteiger charge is -2.09. The lowest BCUT2D eigenvalue weighted by Crippen LogP contribution is -2.05. The van der Waals surface area contributed by atoms with Gasteiger partial charge in [0.1, 0.15) is 5.75 Å². The summed E-state index contributed by atoms with van der Waals surface area (Å²) in [5.41, 5.74) is 3.29. The van der Waals surface area contributed by atoms with Crippen LogP contribution in [-0.4, -0.2) is 22.2 Å². The molecule has 0 saturated carbocycles. The molecule has 0 amide bonds. The molecule has 0 aliphatic carbocycles. The lowest BCUT2D eigenvalue weighted by molar-refractivity contribution is -0.384. The van der Waals surface area contributed by atoms with E-state index in [1.54, 1.807) is 6.21 Å². The number of nitrogens with one attached hydrogen (secondary N) is 1. The summed E-state index contributed by atoms with van der Waals surface area (Å²) in [7, 11) is 0. The third-order valence-electron chi connectivity index (χ3n) is 2.62. The number of hydrogen-bond acceptors (Lipinski definition) is 6. The molecule has 1 N–H and O–H groups in total. The predicted molar refractivity (Wildman–Crippen MR) is 84.3 cm³/mol. The van der Waals surface area contributed by atoms with Crippen LogP contribution in [0.4, 0.5) is 11.5 Å². The SMILES string of the molecule is CC(C)Oc1ccc(/C=N\Nc2ncccc2[N+](=O)[O-])cc1. The molecule has 22 heavy (non-hydrogen) atoms. The van der Waals surface area contributed by atoms with Gasteiger partial charge in [-0.2, -0.15) is 5.10 Å². The third-order valence-corrected chi connectivity index (χ3v) is 2.62. The Bertz CT molecular complexity index is 669. The molecule has 7 heteroatoms. The van der Waals surface area contributed by atoms with Crippen LogP contribution >= 0.6 is 0 Å². The number of aromatic nitrogens is 1. The summed E-state index contributed by atoms with van der Waals surface area (Å²) >= 11 is 0. The Labute approximate surface area is 127 Å². The van der Waals surface area contributed by atoms with Crippen LogP contribution in [-0.2, 0) is 0 Å². The van der Waals surface area contributed by atoms with Crippen molar-refractivity contribution in [3.63, 3.8) is 0 Å². The smallest absolute Gasteiger partial charge is 0.313 e. The summed E-state index contributed by atoms with van der Waals surface area (Å²) < 4.78 is 5.54. The number of rotatable bonds is 6. The minimum atomic E-state index is -0.511. The van der Waals surface area contributed by atoms with E-state index < -0.39 is 4.92 Å². The lowest BCUT2D eigenvalue weighted by atomic mass is 10.2. The van der Waals surface area contributed by atoms with E-state index in [0.717, 1.165) is 11.3 Å². The summed E-state index contributed by atoms with van der Waals surface area (Å²) in [6.07, 6.45) is 3.13. The average Bonchev–Trinajstić information content (AvgIpc) is 2.49. The van der Waals surface area contributed by atoms with Crippen molar-refractivity contribution in [2.45, 2.75) is 20.0 Å². The first-order chi connectivity index (χ1) is 10.6. The van der Waals surface area contributed by atoms with Gasteiger partial charge in [0.15, 0.2) is 0 Å². The summed E-state index contributed by atoms with van der Waals surface area (Å²) in [6.45, 7) is 3.91. The minimum absolute atomic E-state index is 0.100. The molecule has 2 aromatic rings. The molecule has 0 bridgehead atoms. The zero-order chi connectivity index (χ0) is 15.9. The second-order valence-electron chi connectivity index (χ2n) is 4.73. The van der Waals surface area contributed by atoms with E-state index in [4.69, 9.17) is 4.74 Å². The maximum Gasteiger partial charge on any atom is 0.313 e. The molecule has 1 aromatic carbocycles. The van der Waals surface area contributed by atoms with Crippen LogP contribution in [0.3, 0.4) is 0 Å². The van der Waals surface area contributed by atoms with E-state index in [1.807, 2.05) is 38.1 Å². The van der Waals surface area contributed by atoms with Crippen molar-refractivity contribution < 1.29 is 9.66 Å². The Hall–Kier alpha value is -2.96. The maximum atomic E-state index is 10.8. The molecule has 0 fully saturated rings. The van der Waals surface area contributed by atoms with Crippen molar-refractivity contribution in [2.24, 2.45) is 5.10 Å². The monoisotopic (exact) mass is 300 g/mol. The standard InChI is InChI=1S/C15H16N4O3/c1-11(2)22-13-7-5-12(6-8-13)10-17-18-15-14(19(20)21)4-3-9-16-15/h3-11H,1-2H3,(H,16,18)/b17-10-. The Morgan fingerprint density at radius 1 is 1.32 bits per heavy atom. The number of anilines is 1.